The third kappa shape index (κ3) is 3.06. The molecule has 8 nitrogen and oxygen atoms in total. The summed E-state index contributed by atoms with van der Waals surface area (Å²) in [5, 5.41) is 18.6. The normalized spacial score (nSPS) is 17.1. The molecule has 1 amide bonds. The molecule has 1 aliphatic rings. The minimum Gasteiger partial charge on any atom is -0.465 e. The Morgan fingerprint density at radius 1 is 1.31 bits per heavy atom. The second-order valence-corrected chi connectivity index (χ2v) is 7.54. The smallest absolute Gasteiger partial charge is 0.407 e. The Morgan fingerprint density at radius 3 is 3.03 bits per heavy atom. The van der Waals surface area contributed by atoms with Crippen LogP contribution in [0.15, 0.2) is 42.7 Å². The van der Waals surface area contributed by atoms with Gasteiger partial charge in [-0.05, 0) is 31.9 Å². The first kappa shape index (κ1) is 17.5. The number of aromatic amines is 1. The number of likely N-dealkylation sites (tertiary alicyclic amines) is 1. The molecule has 3 N–H and O–H groups in total. The van der Waals surface area contributed by atoms with Gasteiger partial charge >= 0.3 is 6.09 Å². The van der Waals surface area contributed by atoms with E-state index >= 15 is 0 Å². The number of para-hydroxylation sites is 1. The average molecular weight is 390 g/mol. The Balaban J connectivity index is 1.57. The van der Waals surface area contributed by atoms with Crippen LogP contribution in [0.3, 0.4) is 0 Å². The fourth-order valence-electron chi connectivity index (χ4n) is 4.12. The molecular weight excluding hydrogens is 368 g/mol. The summed E-state index contributed by atoms with van der Waals surface area (Å²) in [6.07, 6.45) is 4.70. The Hall–Kier alpha value is -3.55. The van der Waals surface area contributed by atoms with Crippen molar-refractivity contribution in [2.24, 2.45) is 0 Å². The number of H-pyrrole nitrogens is 1. The van der Waals surface area contributed by atoms with E-state index in [2.05, 4.69) is 27.4 Å². The number of carboxylic acid groups (broad SMARTS) is 1. The van der Waals surface area contributed by atoms with Crippen molar-refractivity contribution in [3.63, 3.8) is 0 Å². The van der Waals surface area contributed by atoms with Crippen molar-refractivity contribution in [1.82, 2.24) is 24.5 Å². The number of hydrogen-bond donors (Lipinski definition) is 3. The van der Waals surface area contributed by atoms with Gasteiger partial charge in [-0.2, -0.15) is 0 Å². The quantitative estimate of drug-likeness (QED) is 0.495. The fourth-order valence-corrected chi connectivity index (χ4v) is 4.12. The molecule has 29 heavy (non-hydrogen) atoms. The van der Waals surface area contributed by atoms with Gasteiger partial charge in [0.05, 0.1) is 11.9 Å². The zero-order chi connectivity index (χ0) is 20.0. The second kappa shape index (κ2) is 6.80. The van der Waals surface area contributed by atoms with Crippen molar-refractivity contribution < 1.29 is 9.90 Å². The van der Waals surface area contributed by atoms with Crippen LogP contribution in [0.1, 0.15) is 18.5 Å². The van der Waals surface area contributed by atoms with Crippen molar-refractivity contribution in [1.29, 1.82) is 0 Å². The van der Waals surface area contributed by atoms with Crippen molar-refractivity contribution in [2.75, 3.05) is 18.4 Å². The van der Waals surface area contributed by atoms with Crippen LogP contribution in [0.2, 0.25) is 0 Å². The van der Waals surface area contributed by atoms with Crippen LogP contribution in [-0.2, 0) is 0 Å². The molecule has 0 spiro atoms. The minimum absolute atomic E-state index is 0.0319. The predicted octanol–water partition coefficient (Wildman–Crippen LogP) is 3.74. The molecule has 0 bridgehead atoms. The van der Waals surface area contributed by atoms with Gasteiger partial charge in [0.25, 0.3) is 0 Å². The molecule has 3 aromatic heterocycles. The molecule has 4 heterocycles. The number of carbonyl (C=O) groups is 1. The molecule has 1 saturated heterocycles. The topological polar surface area (TPSA) is 98.5 Å². The zero-order valence-electron chi connectivity index (χ0n) is 16.1. The first-order valence-corrected chi connectivity index (χ1v) is 9.76. The molecule has 148 valence electrons. The van der Waals surface area contributed by atoms with E-state index < -0.39 is 6.09 Å². The van der Waals surface area contributed by atoms with Crippen LogP contribution in [0.4, 0.5) is 10.6 Å². The van der Waals surface area contributed by atoms with E-state index in [1.165, 1.54) is 4.90 Å². The Labute approximate surface area is 167 Å². The van der Waals surface area contributed by atoms with Gasteiger partial charge in [-0.25, -0.2) is 14.3 Å². The highest BCUT2D eigenvalue weighted by Crippen LogP contribution is 2.33. The Kier molecular flexibility index (Phi) is 4.12. The van der Waals surface area contributed by atoms with E-state index in [1.54, 1.807) is 0 Å². The number of imidazole rings is 1. The second-order valence-electron chi connectivity index (χ2n) is 7.54. The summed E-state index contributed by atoms with van der Waals surface area (Å²) in [6.45, 7) is 3.02. The first-order chi connectivity index (χ1) is 14.1. The van der Waals surface area contributed by atoms with Crippen molar-refractivity contribution in [3.05, 3.63) is 48.4 Å². The van der Waals surface area contributed by atoms with Crippen LogP contribution in [0, 0.1) is 6.92 Å². The molecule has 0 radical (unpaired) electrons. The van der Waals surface area contributed by atoms with Gasteiger partial charge < -0.3 is 20.3 Å². The average Bonchev–Trinajstić information content (AvgIpc) is 3.32. The summed E-state index contributed by atoms with van der Waals surface area (Å²) in [4.78, 5) is 20.7. The van der Waals surface area contributed by atoms with Crippen molar-refractivity contribution in [3.8, 4) is 11.1 Å². The molecule has 1 aromatic carbocycles. The van der Waals surface area contributed by atoms with Gasteiger partial charge in [-0.1, -0.05) is 18.2 Å². The lowest BCUT2D eigenvalue weighted by Gasteiger charge is -2.31. The first-order valence-electron chi connectivity index (χ1n) is 9.76. The SMILES string of the molecule is Cc1cnc2c(-c3c[nH]c4ccccc34)cc(N[C@@H]3CCCN(C(=O)O)C3)nn12. The van der Waals surface area contributed by atoms with Crippen molar-refractivity contribution >= 4 is 28.5 Å². The zero-order valence-corrected chi connectivity index (χ0v) is 16.1. The highest BCUT2D eigenvalue weighted by atomic mass is 16.4. The maximum Gasteiger partial charge on any atom is 0.407 e. The summed E-state index contributed by atoms with van der Waals surface area (Å²) in [6, 6.07) is 10.2. The fraction of sp³-hybridized carbons (Fsp3) is 0.286. The summed E-state index contributed by atoms with van der Waals surface area (Å²) >= 11 is 0. The number of fused-ring (bicyclic) bond motifs is 2. The molecule has 5 rings (SSSR count). The van der Waals surface area contributed by atoms with E-state index in [0.717, 1.165) is 52.0 Å². The highest BCUT2D eigenvalue weighted by molar-refractivity contribution is 5.99. The standard InChI is InChI=1S/C21H22N6O2/c1-13-10-23-20-16(17-11-22-18-7-3-2-6-15(17)18)9-19(25-27(13)20)24-14-5-4-8-26(12-14)21(28)29/h2-3,6-7,9-11,14,22H,4-5,8,12H2,1H3,(H,24,25)(H,28,29)/t14-/m1/s1. The lowest BCUT2D eigenvalue weighted by atomic mass is 10.0. The van der Waals surface area contributed by atoms with Crippen molar-refractivity contribution in [2.45, 2.75) is 25.8 Å². The maximum atomic E-state index is 11.3. The maximum absolute atomic E-state index is 11.3. The Bertz CT molecular complexity index is 1210. The van der Waals surface area contributed by atoms with E-state index in [1.807, 2.05) is 42.0 Å². The molecule has 8 heteroatoms. The number of aryl methyl sites for hydroxylation is 1. The lowest BCUT2D eigenvalue weighted by Crippen LogP contribution is -2.44. The molecule has 4 aromatic rings. The number of nitrogens with one attached hydrogen (secondary N) is 2. The van der Waals surface area contributed by atoms with E-state index in [0.29, 0.717) is 13.1 Å². The van der Waals surface area contributed by atoms with Crippen LogP contribution in [-0.4, -0.2) is 54.8 Å². The van der Waals surface area contributed by atoms with E-state index in [9.17, 15) is 9.90 Å². The molecule has 0 unspecified atom stereocenters. The van der Waals surface area contributed by atoms with Gasteiger partial charge in [0.2, 0.25) is 0 Å². The number of hydrogen-bond acceptors (Lipinski definition) is 4. The number of anilines is 1. The van der Waals surface area contributed by atoms with Gasteiger partial charge in [0.15, 0.2) is 5.65 Å². The van der Waals surface area contributed by atoms with E-state index in [4.69, 9.17) is 5.10 Å². The van der Waals surface area contributed by atoms with Gasteiger partial charge in [0, 0.05) is 47.4 Å². The monoisotopic (exact) mass is 390 g/mol. The third-order valence-electron chi connectivity index (χ3n) is 5.56. The van der Waals surface area contributed by atoms with E-state index in [-0.39, 0.29) is 6.04 Å². The molecule has 1 aliphatic heterocycles. The van der Waals surface area contributed by atoms with Crippen LogP contribution in [0.5, 0.6) is 0 Å². The highest BCUT2D eigenvalue weighted by Gasteiger charge is 2.24. The number of benzene rings is 1. The summed E-state index contributed by atoms with van der Waals surface area (Å²) in [5.74, 6) is 0.719. The third-order valence-corrected chi connectivity index (χ3v) is 5.56. The number of nitrogens with zero attached hydrogens (tertiary/aromatic N) is 4. The predicted molar refractivity (Wildman–Crippen MR) is 111 cm³/mol. The molecular formula is C21H22N6O2. The number of piperidine rings is 1. The molecule has 1 fully saturated rings. The molecule has 0 saturated carbocycles. The minimum atomic E-state index is -0.871. The summed E-state index contributed by atoms with van der Waals surface area (Å²) < 4.78 is 1.84. The number of rotatable bonds is 3. The van der Waals surface area contributed by atoms with Gasteiger partial charge in [-0.3, -0.25) is 0 Å². The molecule has 1 atom stereocenters. The lowest BCUT2D eigenvalue weighted by molar-refractivity contribution is 0.132. The molecule has 0 aliphatic carbocycles. The number of aromatic nitrogens is 4. The van der Waals surface area contributed by atoms with Gasteiger partial charge in [0.1, 0.15) is 5.82 Å². The number of amides is 1. The van der Waals surface area contributed by atoms with Crippen LogP contribution in [0.25, 0.3) is 27.7 Å². The summed E-state index contributed by atoms with van der Waals surface area (Å²) in [5.41, 5.74) is 4.87. The van der Waals surface area contributed by atoms with Gasteiger partial charge in [-0.15, -0.1) is 5.10 Å². The van der Waals surface area contributed by atoms with Crippen LogP contribution >= 0.6 is 0 Å². The van der Waals surface area contributed by atoms with Crippen LogP contribution < -0.4 is 5.32 Å². The largest absolute Gasteiger partial charge is 0.465 e. The Morgan fingerprint density at radius 2 is 2.17 bits per heavy atom. The summed E-state index contributed by atoms with van der Waals surface area (Å²) in [7, 11) is 0.